The van der Waals surface area contributed by atoms with E-state index in [2.05, 4.69) is 26.0 Å². The van der Waals surface area contributed by atoms with Crippen molar-refractivity contribution in [3.63, 3.8) is 0 Å². The highest BCUT2D eigenvalue weighted by molar-refractivity contribution is 5.47. The predicted molar refractivity (Wildman–Crippen MR) is 198 cm³/mol. The second-order valence-corrected chi connectivity index (χ2v) is 13.2. The van der Waals surface area contributed by atoms with Crippen molar-refractivity contribution in [1.82, 2.24) is 0 Å². The molecular formula is C42H52O9. The lowest BCUT2D eigenvalue weighted by Crippen LogP contribution is -2.16. The Morgan fingerprint density at radius 2 is 0.784 bits per heavy atom. The highest BCUT2D eigenvalue weighted by Crippen LogP contribution is 2.51. The monoisotopic (exact) mass is 700 g/mol. The van der Waals surface area contributed by atoms with Crippen molar-refractivity contribution < 1.29 is 42.6 Å². The molecule has 1 aliphatic rings. The molecule has 1 aliphatic heterocycles. The number of benzene rings is 4. The van der Waals surface area contributed by atoms with Crippen LogP contribution in [0.3, 0.4) is 0 Å². The SMILES string of the molecule is COc1ccc(CC(C)Oc2ccc(C3OC(c4ccc(O[C@H](C)Cc5ccc(OC)c(OC)c5)c(OC)c4)C(C)[C@H]3C)cc2OC)cc1OC. The molecule has 1 saturated heterocycles. The molecule has 4 aromatic rings. The van der Waals surface area contributed by atoms with Gasteiger partial charge in [0.1, 0.15) is 12.2 Å². The van der Waals surface area contributed by atoms with E-state index in [9.17, 15) is 0 Å². The minimum absolute atomic E-state index is 0.107. The van der Waals surface area contributed by atoms with Crippen molar-refractivity contribution in [3.8, 4) is 46.0 Å². The van der Waals surface area contributed by atoms with E-state index in [4.69, 9.17) is 42.6 Å². The molecule has 0 radical (unpaired) electrons. The minimum atomic E-state index is -0.124. The van der Waals surface area contributed by atoms with Crippen LogP contribution in [0.1, 0.15) is 62.2 Å². The zero-order chi connectivity index (χ0) is 36.7. The third-order valence-electron chi connectivity index (χ3n) is 9.71. The lowest BCUT2D eigenvalue weighted by molar-refractivity contribution is 0.0287. The Labute approximate surface area is 302 Å². The Hall–Kier alpha value is -4.76. The van der Waals surface area contributed by atoms with Gasteiger partial charge >= 0.3 is 0 Å². The number of ether oxygens (including phenoxy) is 9. The Morgan fingerprint density at radius 3 is 1.14 bits per heavy atom. The smallest absolute Gasteiger partial charge is 0.161 e. The average Bonchev–Trinajstić information content (AvgIpc) is 3.44. The van der Waals surface area contributed by atoms with E-state index in [1.807, 2.05) is 74.5 Å². The molecule has 9 nitrogen and oxygen atoms in total. The van der Waals surface area contributed by atoms with Crippen LogP contribution in [-0.2, 0) is 17.6 Å². The first-order valence-corrected chi connectivity index (χ1v) is 17.4. The van der Waals surface area contributed by atoms with E-state index < -0.39 is 0 Å². The van der Waals surface area contributed by atoms with Gasteiger partial charge in [-0.25, -0.2) is 0 Å². The molecular weight excluding hydrogens is 648 g/mol. The summed E-state index contributed by atoms with van der Waals surface area (Å²) >= 11 is 0. The van der Waals surface area contributed by atoms with Crippen molar-refractivity contribution in [2.75, 3.05) is 42.7 Å². The molecule has 4 aromatic carbocycles. The first-order chi connectivity index (χ1) is 24.6. The Morgan fingerprint density at radius 1 is 0.451 bits per heavy atom. The molecule has 51 heavy (non-hydrogen) atoms. The quantitative estimate of drug-likeness (QED) is 0.114. The third kappa shape index (κ3) is 8.59. The number of hydrogen-bond donors (Lipinski definition) is 0. The molecule has 1 fully saturated rings. The molecule has 0 saturated carbocycles. The van der Waals surface area contributed by atoms with Crippen LogP contribution in [0.4, 0.5) is 0 Å². The maximum atomic E-state index is 6.80. The second-order valence-electron chi connectivity index (χ2n) is 13.2. The summed E-state index contributed by atoms with van der Waals surface area (Å²) in [4.78, 5) is 0. The van der Waals surface area contributed by atoms with Gasteiger partial charge in [0, 0.05) is 12.8 Å². The molecule has 0 spiro atoms. The van der Waals surface area contributed by atoms with E-state index in [0.717, 1.165) is 22.3 Å². The third-order valence-corrected chi connectivity index (χ3v) is 9.71. The van der Waals surface area contributed by atoms with Gasteiger partial charge in [0.05, 0.1) is 54.9 Å². The van der Waals surface area contributed by atoms with Gasteiger partial charge in [-0.1, -0.05) is 38.1 Å². The molecule has 5 rings (SSSR count). The van der Waals surface area contributed by atoms with Gasteiger partial charge < -0.3 is 42.6 Å². The van der Waals surface area contributed by atoms with Gasteiger partial charge in [-0.15, -0.1) is 0 Å². The standard InChI is InChI=1S/C42H52O9/c1-25(19-29-11-15-33(43-5)37(21-29)45-7)49-35-17-13-31(23-39(35)47-9)41-27(3)28(4)42(51-41)32-14-18-36(40(24-32)48-10)50-26(2)20-30-12-16-34(44-6)38(22-30)46-8/h11-18,21-28,41-42H,19-20H2,1-10H3/t25-,26?,27?,28-,41?,42?/m1/s1. The van der Waals surface area contributed by atoms with Crippen molar-refractivity contribution >= 4 is 0 Å². The van der Waals surface area contributed by atoms with Crippen LogP contribution < -0.4 is 37.9 Å². The molecule has 0 amide bonds. The minimum Gasteiger partial charge on any atom is -0.493 e. The molecule has 0 aromatic heterocycles. The van der Waals surface area contributed by atoms with E-state index in [-0.39, 0.29) is 36.3 Å². The van der Waals surface area contributed by atoms with Crippen LogP contribution in [0.2, 0.25) is 0 Å². The highest BCUT2D eigenvalue weighted by Gasteiger charge is 2.41. The Bertz CT molecular complexity index is 1630. The fourth-order valence-corrected chi connectivity index (χ4v) is 6.83. The molecule has 0 bridgehead atoms. The van der Waals surface area contributed by atoms with Crippen LogP contribution in [0.25, 0.3) is 0 Å². The van der Waals surface area contributed by atoms with E-state index >= 15 is 0 Å². The van der Waals surface area contributed by atoms with Crippen LogP contribution in [0.5, 0.6) is 46.0 Å². The van der Waals surface area contributed by atoms with Crippen molar-refractivity contribution in [1.29, 1.82) is 0 Å². The molecule has 274 valence electrons. The fourth-order valence-electron chi connectivity index (χ4n) is 6.83. The van der Waals surface area contributed by atoms with Gasteiger partial charge in [-0.3, -0.25) is 0 Å². The first kappa shape index (κ1) is 37.5. The summed E-state index contributed by atoms with van der Waals surface area (Å²) < 4.78 is 52.9. The normalized spacial score (nSPS) is 19.5. The predicted octanol–water partition coefficient (Wildman–Crippen LogP) is 8.84. The summed E-state index contributed by atoms with van der Waals surface area (Å²) in [5.41, 5.74) is 4.27. The Kier molecular flexibility index (Phi) is 12.5. The van der Waals surface area contributed by atoms with Gasteiger partial charge in [0.15, 0.2) is 46.0 Å². The maximum absolute atomic E-state index is 6.80. The van der Waals surface area contributed by atoms with Crippen LogP contribution in [-0.4, -0.2) is 54.9 Å². The molecule has 9 heteroatoms. The largest absolute Gasteiger partial charge is 0.493 e. The van der Waals surface area contributed by atoms with Crippen LogP contribution >= 0.6 is 0 Å². The van der Waals surface area contributed by atoms with Crippen LogP contribution in [0.15, 0.2) is 72.8 Å². The topological polar surface area (TPSA) is 83.1 Å². The number of hydrogen-bond acceptors (Lipinski definition) is 9. The first-order valence-electron chi connectivity index (χ1n) is 17.4. The molecule has 4 unspecified atom stereocenters. The van der Waals surface area contributed by atoms with Gasteiger partial charge in [0.2, 0.25) is 0 Å². The summed E-state index contributed by atoms with van der Waals surface area (Å²) in [5, 5.41) is 0. The second kappa shape index (κ2) is 17.0. The number of rotatable bonds is 16. The van der Waals surface area contributed by atoms with Gasteiger partial charge in [0.25, 0.3) is 0 Å². The van der Waals surface area contributed by atoms with Crippen molar-refractivity contribution in [2.45, 2.75) is 65.0 Å². The average molecular weight is 701 g/mol. The summed E-state index contributed by atoms with van der Waals surface area (Å²) in [5.74, 6) is 6.00. The van der Waals surface area contributed by atoms with E-state index in [1.165, 1.54) is 0 Å². The van der Waals surface area contributed by atoms with Gasteiger partial charge in [-0.2, -0.15) is 0 Å². The molecule has 1 heterocycles. The van der Waals surface area contributed by atoms with Crippen molar-refractivity contribution in [2.24, 2.45) is 11.8 Å². The van der Waals surface area contributed by atoms with Crippen molar-refractivity contribution in [3.05, 3.63) is 95.1 Å². The summed E-state index contributed by atoms with van der Waals surface area (Å²) in [6, 6.07) is 24.0. The maximum Gasteiger partial charge on any atom is 0.161 e. The molecule has 6 atom stereocenters. The fraction of sp³-hybridized carbons (Fsp3) is 0.429. The molecule has 0 aliphatic carbocycles. The lowest BCUT2D eigenvalue weighted by atomic mass is 9.85. The van der Waals surface area contributed by atoms with Gasteiger partial charge in [-0.05, 0) is 96.5 Å². The van der Waals surface area contributed by atoms with E-state index in [1.54, 1.807) is 42.7 Å². The lowest BCUT2D eigenvalue weighted by Gasteiger charge is -2.21. The Balaban J connectivity index is 1.26. The highest BCUT2D eigenvalue weighted by atomic mass is 16.5. The summed E-state index contributed by atoms with van der Waals surface area (Å²) in [6.07, 6.45) is 0.921. The molecule has 0 N–H and O–H groups in total. The number of methoxy groups -OCH3 is 6. The zero-order valence-electron chi connectivity index (χ0n) is 31.5. The summed E-state index contributed by atoms with van der Waals surface area (Å²) in [7, 11) is 9.88. The van der Waals surface area contributed by atoms with E-state index in [0.29, 0.717) is 58.8 Å². The zero-order valence-corrected chi connectivity index (χ0v) is 31.5. The van der Waals surface area contributed by atoms with Crippen LogP contribution in [0, 0.1) is 11.8 Å². The summed E-state index contributed by atoms with van der Waals surface area (Å²) in [6.45, 7) is 8.56.